The standard InChI is InChI=1S/C41H38N2O5/c1-30-38(42-40(47-30)34-15-7-3-8-16-34)24-25-46-37-19-11-14-33(26-37)29-43(39(41(44)45)27-31-12-5-2-6-13-31)28-32-20-22-36(23-21-32)48-35-17-9-4-10-18-35/h2-23,26,39H,24-25,27-29H2,1H3,(H,44,45)/t39-/m1/s1. The third kappa shape index (κ3) is 8.78. The van der Waals surface area contributed by atoms with Crippen LogP contribution in [0.3, 0.4) is 0 Å². The molecule has 0 saturated heterocycles. The van der Waals surface area contributed by atoms with Crippen molar-refractivity contribution in [1.29, 1.82) is 0 Å². The Bertz CT molecular complexity index is 1890. The van der Waals surface area contributed by atoms with Crippen molar-refractivity contribution < 1.29 is 23.8 Å². The van der Waals surface area contributed by atoms with Gasteiger partial charge >= 0.3 is 5.97 Å². The predicted octanol–water partition coefficient (Wildman–Crippen LogP) is 8.76. The Hall–Kier alpha value is -5.66. The third-order valence-corrected chi connectivity index (χ3v) is 8.09. The third-order valence-electron chi connectivity index (χ3n) is 8.09. The fourth-order valence-corrected chi connectivity index (χ4v) is 5.61. The summed E-state index contributed by atoms with van der Waals surface area (Å²) < 4.78 is 18.0. The Kier molecular flexibility index (Phi) is 10.6. The van der Waals surface area contributed by atoms with Crippen molar-refractivity contribution in [2.75, 3.05) is 6.61 Å². The van der Waals surface area contributed by atoms with Crippen molar-refractivity contribution in [2.45, 2.75) is 38.9 Å². The van der Waals surface area contributed by atoms with Crippen molar-refractivity contribution in [1.82, 2.24) is 9.88 Å². The highest BCUT2D eigenvalue weighted by Gasteiger charge is 2.26. The molecule has 7 heteroatoms. The van der Waals surface area contributed by atoms with Crippen LogP contribution in [0.15, 0.2) is 144 Å². The number of aliphatic carboxylic acids is 1. The molecule has 48 heavy (non-hydrogen) atoms. The Morgan fingerprint density at radius 1 is 0.729 bits per heavy atom. The largest absolute Gasteiger partial charge is 0.493 e. The molecule has 0 amide bonds. The molecule has 0 unspecified atom stereocenters. The first-order valence-electron chi connectivity index (χ1n) is 16.1. The maximum absolute atomic E-state index is 12.7. The Morgan fingerprint density at radius 3 is 2.04 bits per heavy atom. The molecule has 0 radical (unpaired) electrons. The molecule has 0 aliphatic rings. The van der Waals surface area contributed by atoms with Gasteiger partial charge < -0.3 is 19.0 Å². The fraction of sp³-hybridized carbons (Fsp3) is 0.171. The molecule has 1 N–H and O–H groups in total. The molecule has 0 aliphatic heterocycles. The Balaban J connectivity index is 1.15. The predicted molar refractivity (Wildman–Crippen MR) is 186 cm³/mol. The molecule has 0 spiro atoms. The molecule has 1 atom stereocenters. The Labute approximate surface area is 281 Å². The monoisotopic (exact) mass is 638 g/mol. The summed E-state index contributed by atoms with van der Waals surface area (Å²) in [4.78, 5) is 19.4. The summed E-state index contributed by atoms with van der Waals surface area (Å²) in [5, 5.41) is 10.4. The topological polar surface area (TPSA) is 85.0 Å². The van der Waals surface area contributed by atoms with Gasteiger partial charge in [-0.05, 0) is 78.6 Å². The quantitative estimate of drug-likeness (QED) is 0.120. The van der Waals surface area contributed by atoms with Crippen molar-refractivity contribution in [3.05, 3.63) is 168 Å². The van der Waals surface area contributed by atoms with Crippen molar-refractivity contribution in [3.8, 4) is 28.7 Å². The average Bonchev–Trinajstić information content (AvgIpc) is 3.49. The summed E-state index contributed by atoms with van der Waals surface area (Å²) >= 11 is 0. The number of carbonyl (C=O) groups is 1. The van der Waals surface area contributed by atoms with E-state index in [-0.39, 0.29) is 0 Å². The lowest BCUT2D eigenvalue weighted by Gasteiger charge is -2.29. The lowest BCUT2D eigenvalue weighted by atomic mass is 10.0. The highest BCUT2D eigenvalue weighted by Crippen LogP contribution is 2.25. The summed E-state index contributed by atoms with van der Waals surface area (Å²) in [6, 6.07) is 44.1. The average molecular weight is 639 g/mol. The highest BCUT2D eigenvalue weighted by atomic mass is 16.5. The van der Waals surface area contributed by atoms with Crippen molar-refractivity contribution in [2.24, 2.45) is 0 Å². The van der Waals surface area contributed by atoms with E-state index in [1.807, 2.05) is 151 Å². The molecule has 7 nitrogen and oxygen atoms in total. The maximum Gasteiger partial charge on any atom is 0.321 e. The minimum absolute atomic E-state index is 0.379. The number of carboxylic acids is 1. The van der Waals surface area contributed by atoms with Crippen LogP contribution in [0.25, 0.3) is 11.5 Å². The number of ether oxygens (including phenoxy) is 2. The van der Waals surface area contributed by atoms with Crippen LogP contribution in [-0.2, 0) is 30.7 Å². The van der Waals surface area contributed by atoms with Gasteiger partial charge in [-0.1, -0.05) is 91.0 Å². The van der Waals surface area contributed by atoms with E-state index in [0.717, 1.165) is 45.2 Å². The van der Waals surface area contributed by atoms with Gasteiger partial charge in [0.1, 0.15) is 29.1 Å². The van der Waals surface area contributed by atoms with Gasteiger partial charge in [-0.25, -0.2) is 4.98 Å². The second-order valence-corrected chi connectivity index (χ2v) is 11.6. The summed E-state index contributed by atoms with van der Waals surface area (Å²) in [5.41, 5.74) is 4.71. The number of para-hydroxylation sites is 1. The van der Waals surface area contributed by atoms with Crippen LogP contribution in [0.2, 0.25) is 0 Å². The second kappa shape index (κ2) is 15.8. The first-order valence-corrected chi connectivity index (χ1v) is 16.1. The van der Waals surface area contributed by atoms with Crippen LogP contribution >= 0.6 is 0 Å². The van der Waals surface area contributed by atoms with Gasteiger partial charge in [0.25, 0.3) is 0 Å². The lowest BCUT2D eigenvalue weighted by Crippen LogP contribution is -2.42. The van der Waals surface area contributed by atoms with Gasteiger partial charge in [-0.3, -0.25) is 9.69 Å². The van der Waals surface area contributed by atoms with Gasteiger partial charge in [0.2, 0.25) is 5.89 Å². The van der Waals surface area contributed by atoms with Crippen LogP contribution in [0.4, 0.5) is 0 Å². The lowest BCUT2D eigenvalue weighted by molar-refractivity contribution is -0.143. The zero-order valence-corrected chi connectivity index (χ0v) is 26.9. The minimum atomic E-state index is -0.867. The summed E-state index contributed by atoms with van der Waals surface area (Å²) in [7, 11) is 0. The van der Waals surface area contributed by atoms with E-state index in [9.17, 15) is 9.90 Å². The van der Waals surface area contributed by atoms with Crippen LogP contribution in [0, 0.1) is 6.92 Å². The molecule has 6 aromatic rings. The van der Waals surface area contributed by atoms with E-state index >= 15 is 0 Å². The van der Waals surface area contributed by atoms with Crippen LogP contribution < -0.4 is 9.47 Å². The highest BCUT2D eigenvalue weighted by molar-refractivity contribution is 5.74. The maximum atomic E-state index is 12.7. The molecule has 0 fully saturated rings. The number of rotatable bonds is 15. The van der Waals surface area contributed by atoms with Gasteiger partial charge in [0.15, 0.2) is 0 Å². The molecule has 242 valence electrons. The molecular formula is C41H38N2O5. The van der Waals surface area contributed by atoms with E-state index in [4.69, 9.17) is 13.9 Å². The number of oxazole rings is 1. The Morgan fingerprint density at radius 2 is 1.33 bits per heavy atom. The molecule has 0 aliphatic carbocycles. The molecular weight excluding hydrogens is 600 g/mol. The van der Waals surface area contributed by atoms with Gasteiger partial charge in [0.05, 0.1) is 12.3 Å². The normalized spacial score (nSPS) is 11.7. The van der Waals surface area contributed by atoms with E-state index in [1.165, 1.54) is 0 Å². The number of carboxylic acid groups (broad SMARTS) is 1. The summed E-state index contributed by atoms with van der Waals surface area (Å²) in [6.45, 7) is 3.21. The SMILES string of the molecule is Cc1oc(-c2ccccc2)nc1CCOc1cccc(CN(Cc2ccc(Oc3ccccc3)cc2)[C@H](Cc2ccccc2)C(=O)O)c1. The van der Waals surface area contributed by atoms with Crippen molar-refractivity contribution >= 4 is 5.97 Å². The van der Waals surface area contributed by atoms with Gasteiger partial charge in [-0.2, -0.15) is 0 Å². The minimum Gasteiger partial charge on any atom is -0.493 e. The molecule has 1 heterocycles. The second-order valence-electron chi connectivity index (χ2n) is 11.6. The van der Waals surface area contributed by atoms with Crippen LogP contribution in [0.5, 0.6) is 17.2 Å². The molecule has 1 aromatic heterocycles. The molecule has 6 rings (SSSR count). The van der Waals surface area contributed by atoms with E-state index in [0.29, 0.717) is 44.2 Å². The molecule has 0 bridgehead atoms. The number of hydrogen-bond acceptors (Lipinski definition) is 6. The van der Waals surface area contributed by atoms with Crippen molar-refractivity contribution in [3.63, 3.8) is 0 Å². The van der Waals surface area contributed by atoms with E-state index < -0.39 is 12.0 Å². The first-order chi connectivity index (χ1) is 23.5. The van der Waals surface area contributed by atoms with E-state index in [2.05, 4.69) is 4.98 Å². The van der Waals surface area contributed by atoms with Gasteiger partial charge in [0, 0.05) is 25.1 Å². The number of hydrogen-bond donors (Lipinski definition) is 1. The molecule has 5 aromatic carbocycles. The van der Waals surface area contributed by atoms with E-state index in [1.54, 1.807) is 0 Å². The summed E-state index contributed by atoms with van der Waals surface area (Å²) in [5.74, 6) is 2.71. The first kappa shape index (κ1) is 32.3. The zero-order valence-electron chi connectivity index (χ0n) is 26.9. The van der Waals surface area contributed by atoms with Gasteiger partial charge in [-0.15, -0.1) is 0 Å². The summed E-state index contributed by atoms with van der Waals surface area (Å²) in [6.07, 6.45) is 0.976. The number of nitrogens with zero attached hydrogens (tertiary/aromatic N) is 2. The smallest absolute Gasteiger partial charge is 0.321 e. The molecule has 0 saturated carbocycles. The van der Waals surface area contributed by atoms with Crippen LogP contribution in [-0.4, -0.2) is 33.6 Å². The number of benzene rings is 5. The fourth-order valence-electron chi connectivity index (χ4n) is 5.61. The zero-order chi connectivity index (χ0) is 33.1. The number of aryl methyl sites for hydroxylation is 1. The van der Waals surface area contributed by atoms with Crippen LogP contribution in [0.1, 0.15) is 28.1 Å². The number of aromatic nitrogens is 1.